The molecule has 1 aromatic heterocycles. The molecule has 39 heavy (non-hydrogen) atoms. The van der Waals surface area contributed by atoms with E-state index in [2.05, 4.69) is 16.0 Å². The summed E-state index contributed by atoms with van der Waals surface area (Å²) in [6.45, 7) is 1.74. The Morgan fingerprint density at radius 2 is 1.87 bits per heavy atom. The number of pyridine rings is 1. The second kappa shape index (κ2) is 11.8. The highest BCUT2D eigenvalue weighted by molar-refractivity contribution is 6.30. The second-order valence-electron chi connectivity index (χ2n) is 9.50. The smallest absolute Gasteiger partial charge is 0.272 e. The van der Waals surface area contributed by atoms with Gasteiger partial charge in [0.25, 0.3) is 5.92 Å². The van der Waals surface area contributed by atoms with Crippen molar-refractivity contribution in [2.24, 2.45) is 0 Å². The number of nitrogens with zero attached hydrogens (tertiary/aromatic N) is 4. The lowest BCUT2D eigenvalue weighted by atomic mass is 9.99. The van der Waals surface area contributed by atoms with Gasteiger partial charge in [-0.1, -0.05) is 23.7 Å². The number of rotatable bonds is 9. The first-order chi connectivity index (χ1) is 18.5. The molecule has 3 N–H and O–H groups in total. The average Bonchev–Trinajstić information content (AvgIpc) is 2.91. The van der Waals surface area contributed by atoms with E-state index in [-0.39, 0.29) is 37.1 Å². The van der Waals surface area contributed by atoms with Crippen molar-refractivity contribution in [1.29, 1.82) is 5.26 Å². The molecule has 0 spiro atoms. The van der Waals surface area contributed by atoms with E-state index in [9.17, 15) is 24.3 Å². The zero-order chi connectivity index (χ0) is 28.2. The standard InChI is InChI=1S/C28H29ClF2N4O4/c1-27(30,31)21-4-9-26(33-16-21)28(37,38)18-34-10-11-35(25(17-34)19-2-5-22(29)6-3-19)24-8-7-23(39-13-12-36)14-20(24)15-32/h2-9,14,16,25,36-38H,10-13,17-18H2,1H3/t25-/m0/s1. The molecule has 2 heterocycles. The van der Waals surface area contributed by atoms with Crippen LogP contribution in [0.15, 0.2) is 60.8 Å². The summed E-state index contributed by atoms with van der Waals surface area (Å²) in [7, 11) is 0. The third kappa shape index (κ3) is 6.82. The molecule has 4 rings (SSSR count). The van der Waals surface area contributed by atoms with Gasteiger partial charge in [-0.15, -0.1) is 0 Å². The fourth-order valence-electron chi connectivity index (χ4n) is 4.63. The molecule has 0 radical (unpaired) electrons. The number of aliphatic hydroxyl groups is 3. The Bertz CT molecular complexity index is 1310. The van der Waals surface area contributed by atoms with Crippen molar-refractivity contribution < 1.29 is 28.8 Å². The Labute approximate surface area is 230 Å². The number of hydrogen-bond donors (Lipinski definition) is 3. The number of β-amino-alcohol motifs (C(OH)–C–C–N with tert-alkyl or cyclic N) is 2. The van der Waals surface area contributed by atoms with Crippen LogP contribution in [0.1, 0.15) is 35.3 Å². The van der Waals surface area contributed by atoms with Gasteiger partial charge in [0.1, 0.15) is 24.1 Å². The number of hydrogen-bond acceptors (Lipinski definition) is 8. The maximum atomic E-state index is 13.6. The molecule has 11 heteroatoms. The molecule has 0 bridgehead atoms. The van der Waals surface area contributed by atoms with Crippen LogP contribution in [0.25, 0.3) is 0 Å². The monoisotopic (exact) mass is 558 g/mol. The van der Waals surface area contributed by atoms with Crippen molar-refractivity contribution in [3.63, 3.8) is 0 Å². The normalized spacial score (nSPS) is 16.7. The Balaban J connectivity index is 1.60. The summed E-state index contributed by atoms with van der Waals surface area (Å²) in [5.41, 5.74) is 1.53. The minimum atomic E-state index is -3.09. The minimum absolute atomic E-state index is 0.110. The first-order valence-electron chi connectivity index (χ1n) is 12.3. The molecule has 1 fully saturated rings. The number of piperazine rings is 1. The van der Waals surface area contributed by atoms with Gasteiger partial charge >= 0.3 is 0 Å². The third-order valence-corrected chi connectivity index (χ3v) is 6.85. The van der Waals surface area contributed by atoms with Gasteiger partial charge in [0, 0.05) is 43.3 Å². The van der Waals surface area contributed by atoms with Crippen LogP contribution in [0.2, 0.25) is 5.02 Å². The number of halogens is 3. The highest BCUT2D eigenvalue weighted by Gasteiger charge is 2.36. The van der Waals surface area contributed by atoms with E-state index in [1.165, 1.54) is 6.07 Å². The molecule has 8 nitrogen and oxygen atoms in total. The van der Waals surface area contributed by atoms with Crippen LogP contribution < -0.4 is 9.64 Å². The fraction of sp³-hybridized carbons (Fsp3) is 0.357. The molecular weight excluding hydrogens is 530 g/mol. The summed E-state index contributed by atoms with van der Waals surface area (Å²) in [5, 5.41) is 41.2. The van der Waals surface area contributed by atoms with Crippen molar-refractivity contribution in [2.75, 3.05) is 44.3 Å². The van der Waals surface area contributed by atoms with E-state index < -0.39 is 11.7 Å². The zero-order valence-corrected chi connectivity index (χ0v) is 22.0. The third-order valence-electron chi connectivity index (χ3n) is 6.60. The number of alkyl halides is 2. The van der Waals surface area contributed by atoms with Crippen molar-refractivity contribution >= 4 is 17.3 Å². The fourth-order valence-corrected chi connectivity index (χ4v) is 4.76. The van der Waals surface area contributed by atoms with Crippen molar-refractivity contribution in [2.45, 2.75) is 24.7 Å². The average molecular weight is 559 g/mol. The van der Waals surface area contributed by atoms with Crippen LogP contribution in [-0.4, -0.2) is 64.6 Å². The van der Waals surface area contributed by atoms with Crippen LogP contribution in [-0.2, 0) is 11.7 Å². The molecule has 206 valence electrons. The van der Waals surface area contributed by atoms with Gasteiger partial charge in [-0.2, -0.15) is 5.26 Å². The number of nitriles is 1. The van der Waals surface area contributed by atoms with Gasteiger partial charge in [-0.3, -0.25) is 9.88 Å². The highest BCUT2D eigenvalue weighted by atomic mass is 35.5. The predicted octanol–water partition coefficient (Wildman–Crippen LogP) is 3.79. The SMILES string of the molecule is CC(F)(F)c1ccc(C(O)(O)CN2CCN(c3ccc(OCCO)cc3C#N)[C@H](c3ccc(Cl)cc3)C2)nc1. The summed E-state index contributed by atoms with van der Waals surface area (Å²) in [6.07, 6.45) is 0.947. The Morgan fingerprint density at radius 1 is 1.13 bits per heavy atom. The minimum Gasteiger partial charge on any atom is -0.491 e. The quantitative estimate of drug-likeness (QED) is 0.340. The van der Waals surface area contributed by atoms with Crippen LogP contribution in [0, 0.1) is 11.3 Å². The molecule has 1 saturated heterocycles. The van der Waals surface area contributed by atoms with Crippen LogP contribution in [0.5, 0.6) is 5.75 Å². The number of benzene rings is 2. The molecular formula is C28H29ClF2N4O4. The first kappa shape index (κ1) is 28.7. The molecule has 0 aliphatic carbocycles. The maximum Gasteiger partial charge on any atom is 0.272 e. The maximum absolute atomic E-state index is 13.6. The van der Waals surface area contributed by atoms with Crippen molar-refractivity contribution in [3.05, 3.63) is 88.2 Å². The summed E-state index contributed by atoms with van der Waals surface area (Å²) in [6, 6.07) is 16.7. The first-order valence-corrected chi connectivity index (χ1v) is 12.7. The lowest BCUT2D eigenvalue weighted by Gasteiger charge is -2.44. The van der Waals surface area contributed by atoms with E-state index in [1.54, 1.807) is 30.3 Å². The molecule has 0 amide bonds. The summed E-state index contributed by atoms with van der Waals surface area (Å²) >= 11 is 6.11. The number of aliphatic hydroxyl groups excluding tert-OH is 1. The van der Waals surface area contributed by atoms with Crippen LogP contribution in [0.4, 0.5) is 14.5 Å². The van der Waals surface area contributed by atoms with Gasteiger partial charge in [0.15, 0.2) is 0 Å². The van der Waals surface area contributed by atoms with Crippen LogP contribution >= 0.6 is 11.6 Å². The van der Waals surface area contributed by atoms with Crippen molar-refractivity contribution in [1.82, 2.24) is 9.88 Å². The van der Waals surface area contributed by atoms with Crippen LogP contribution in [0.3, 0.4) is 0 Å². The van der Waals surface area contributed by atoms with Gasteiger partial charge in [-0.25, -0.2) is 8.78 Å². The summed E-state index contributed by atoms with van der Waals surface area (Å²) < 4.78 is 32.6. The largest absolute Gasteiger partial charge is 0.491 e. The Hall–Kier alpha value is -3.33. The number of aromatic nitrogens is 1. The number of anilines is 1. The van der Waals surface area contributed by atoms with E-state index in [0.717, 1.165) is 24.8 Å². The highest BCUT2D eigenvalue weighted by Crippen LogP contribution is 2.36. The van der Waals surface area contributed by atoms with Gasteiger partial charge in [-0.05, 0) is 48.0 Å². The molecule has 1 aliphatic rings. The van der Waals surface area contributed by atoms with E-state index >= 15 is 0 Å². The Kier molecular flexibility index (Phi) is 8.69. The van der Waals surface area contributed by atoms with E-state index in [1.807, 2.05) is 17.0 Å². The molecule has 2 aromatic carbocycles. The Morgan fingerprint density at radius 3 is 2.49 bits per heavy atom. The number of ether oxygens (including phenoxy) is 1. The molecule has 0 unspecified atom stereocenters. The molecule has 1 atom stereocenters. The topological polar surface area (TPSA) is 113 Å². The van der Waals surface area contributed by atoms with Gasteiger partial charge in [0.2, 0.25) is 5.79 Å². The van der Waals surface area contributed by atoms with E-state index in [4.69, 9.17) is 21.4 Å². The lowest BCUT2D eigenvalue weighted by molar-refractivity contribution is -0.187. The van der Waals surface area contributed by atoms with Crippen molar-refractivity contribution in [3.8, 4) is 11.8 Å². The van der Waals surface area contributed by atoms with Gasteiger partial charge < -0.3 is 25.0 Å². The predicted molar refractivity (Wildman–Crippen MR) is 142 cm³/mol. The van der Waals surface area contributed by atoms with E-state index in [0.29, 0.717) is 41.7 Å². The lowest BCUT2D eigenvalue weighted by Crippen LogP contribution is -2.52. The summed E-state index contributed by atoms with van der Waals surface area (Å²) in [4.78, 5) is 7.81. The zero-order valence-electron chi connectivity index (χ0n) is 21.3. The summed E-state index contributed by atoms with van der Waals surface area (Å²) in [5.74, 6) is -5.00. The van der Waals surface area contributed by atoms with Gasteiger partial charge in [0.05, 0.1) is 30.4 Å². The second-order valence-corrected chi connectivity index (χ2v) is 9.93. The molecule has 1 aliphatic heterocycles. The molecule has 0 saturated carbocycles. The molecule has 3 aromatic rings.